The van der Waals surface area contributed by atoms with Crippen LogP contribution in [0.15, 0.2) is 88.8 Å². The SMILES string of the molecule is Cc1ccccc1/C=N/n1c2nc3ccccc3nc2c2c(=O)n(CCc3ccccc3)c(C)[nH+]c21. The van der Waals surface area contributed by atoms with Gasteiger partial charge in [0, 0.05) is 13.3 Å². The highest BCUT2D eigenvalue weighted by molar-refractivity contribution is 6.03. The Hall–Kier alpha value is -4.65. The smallest absolute Gasteiger partial charge is 0.250 e. The molecule has 6 aromatic rings. The fourth-order valence-electron chi connectivity index (χ4n) is 4.59. The maximum atomic E-state index is 13.9. The van der Waals surface area contributed by atoms with Gasteiger partial charge in [-0.25, -0.2) is 24.3 Å². The van der Waals surface area contributed by atoms with Crippen LogP contribution in [-0.4, -0.2) is 25.4 Å². The molecule has 0 spiro atoms. The van der Waals surface area contributed by atoms with Crippen molar-refractivity contribution >= 4 is 39.4 Å². The molecule has 0 saturated carbocycles. The minimum atomic E-state index is -0.100. The van der Waals surface area contributed by atoms with Crippen LogP contribution in [-0.2, 0) is 13.0 Å². The molecule has 0 atom stereocenters. The van der Waals surface area contributed by atoms with Crippen molar-refractivity contribution in [2.45, 2.75) is 26.8 Å². The van der Waals surface area contributed by atoms with Gasteiger partial charge in [0.25, 0.3) is 5.65 Å². The fraction of sp³-hybridized carbons (Fsp3) is 0.138. The Bertz CT molecular complexity index is 1830. The summed E-state index contributed by atoms with van der Waals surface area (Å²) in [5.74, 6) is 0.753. The van der Waals surface area contributed by atoms with Gasteiger partial charge in [-0.05, 0) is 35.7 Å². The summed E-state index contributed by atoms with van der Waals surface area (Å²) < 4.78 is 3.48. The molecule has 7 nitrogen and oxygen atoms in total. The number of rotatable bonds is 5. The zero-order valence-corrected chi connectivity index (χ0v) is 20.1. The zero-order valence-electron chi connectivity index (χ0n) is 20.1. The second-order valence-electron chi connectivity index (χ2n) is 8.92. The lowest BCUT2D eigenvalue weighted by atomic mass is 10.1. The number of nitrogens with one attached hydrogen (secondary N) is 1. The number of nitrogens with zero attached hydrogens (tertiary/aromatic N) is 5. The molecule has 176 valence electrons. The zero-order chi connectivity index (χ0) is 24.6. The van der Waals surface area contributed by atoms with Gasteiger partial charge in [0.05, 0.1) is 23.8 Å². The molecule has 3 aromatic carbocycles. The van der Waals surface area contributed by atoms with Gasteiger partial charge in [-0.3, -0.25) is 0 Å². The van der Waals surface area contributed by atoms with Gasteiger partial charge in [0.1, 0.15) is 5.52 Å². The van der Waals surface area contributed by atoms with Crippen LogP contribution in [0.5, 0.6) is 0 Å². The monoisotopic (exact) mass is 473 g/mol. The van der Waals surface area contributed by atoms with Crippen molar-refractivity contribution in [3.05, 3.63) is 112 Å². The van der Waals surface area contributed by atoms with E-state index in [0.717, 1.165) is 34.4 Å². The van der Waals surface area contributed by atoms with Crippen molar-refractivity contribution < 1.29 is 4.98 Å². The number of para-hydroxylation sites is 2. The summed E-state index contributed by atoms with van der Waals surface area (Å²) in [4.78, 5) is 27.0. The molecule has 3 heterocycles. The summed E-state index contributed by atoms with van der Waals surface area (Å²) in [5.41, 5.74) is 6.35. The molecule has 7 heteroatoms. The number of hydrogen-bond acceptors (Lipinski definition) is 4. The number of hydrogen-bond donors (Lipinski definition) is 0. The van der Waals surface area contributed by atoms with E-state index >= 15 is 0 Å². The van der Waals surface area contributed by atoms with Gasteiger partial charge >= 0.3 is 5.56 Å². The largest absolute Gasteiger partial charge is 0.323 e. The van der Waals surface area contributed by atoms with Gasteiger partial charge < -0.3 is 0 Å². The minimum absolute atomic E-state index is 0.100. The third kappa shape index (κ3) is 3.75. The van der Waals surface area contributed by atoms with Gasteiger partial charge in [-0.1, -0.05) is 66.7 Å². The highest BCUT2D eigenvalue weighted by Gasteiger charge is 2.26. The lowest BCUT2D eigenvalue weighted by Gasteiger charge is -2.05. The van der Waals surface area contributed by atoms with E-state index in [-0.39, 0.29) is 5.56 Å². The molecule has 0 bridgehead atoms. The number of H-pyrrole nitrogens is 1. The molecular weight excluding hydrogens is 448 g/mol. The number of aromatic amines is 1. The average molecular weight is 474 g/mol. The maximum Gasteiger partial charge on any atom is 0.323 e. The summed E-state index contributed by atoms with van der Waals surface area (Å²) in [5, 5.41) is 5.27. The maximum absolute atomic E-state index is 13.9. The molecule has 0 amide bonds. The first-order chi connectivity index (χ1) is 17.6. The van der Waals surface area contributed by atoms with Gasteiger partial charge in [-0.2, -0.15) is 0 Å². The molecule has 3 aromatic heterocycles. The van der Waals surface area contributed by atoms with Crippen molar-refractivity contribution in [3.63, 3.8) is 0 Å². The Labute approximate surface area is 207 Å². The van der Waals surface area contributed by atoms with E-state index in [1.165, 1.54) is 5.56 Å². The third-order valence-electron chi connectivity index (χ3n) is 6.57. The number of fused-ring (bicyclic) bond motifs is 4. The summed E-state index contributed by atoms with van der Waals surface area (Å²) in [6.07, 6.45) is 2.55. The van der Waals surface area contributed by atoms with E-state index < -0.39 is 0 Å². The van der Waals surface area contributed by atoms with Crippen molar-refractivity contribution in [1.82, 2.24) is 19.2 Å². The number of aromatic nitrogens is 5. The Kier molecular flexibility index (Phi) is 5.37. The second kappa shape index (κ2) is 8.85. The van der Waals surface area contributed by atoms with E-state index in [1.807, 2.05) is 80.6 Å². The molecule has 0 radical (unpaired) electrons. The molecule has 0 saturated heterocycles. The molecule has 0 aliphatic carbocycles. The van der Waals surface area contributed by atoms with Crippen molar-refractivity contribution in [2.75, 3.05) is 0 Å². The molecule has 0 fully saturated rings. The Balaban J connectivity index is 1.59. The van der Waals surface area contributed by atoms with Crippen LogP contribution in [0.2, 0.25) is 0 Å². The predicted octanol–water partition coefficient (Wildman–Crippen LogP) is 4.46. The summed E-state index contributed by atoms with van der Waals surface area (Å²) >= 11 is 0. The van der Waals surface area contributed by atoms with Crippen molar-refractivity contribution in [3.8, 4) is 0 Å². The lowest BCUT2D eigenvalue weighted by molar-refractivity contribution is -0.368. The van der Waals surface area contributed by atoms with E-state index in [0.29, 0.717) is 28.7 Å². The molecule has 0 unspecified atom stereocenters. The first kappa shape index (κ1) is 21.9. The summed E-state index contributed by atoms with van der Waals surface area (Å²) in [6, 6.07) is 25.9. The molecule has 6 rings (SSSR count). The van der Waals surface area contributed by atoms with E-state index in [4.69, 9.17) is 15.1 Å². The van der Waals surface area contributed by atoms with Crippen molar-refractivity contribution in [1.29, 1.82) is 0 Å². The quantitative estimate of drug-likeness (QED) is 0.347. The first-order valence-corrected chi connectivity index (χ1v) is 12.0. The average Bonchev–Trinajstić information content (AvgIpc) is 3.19. The highest BCUT2D eigenvalue weighted by Crippen LogP contribution is 2.24. The van der Waals surface area contributed by atoms with Crippen LogP contribution in [0.3, 0.4) is 0 Å². The first-order valence-electron chi connectivity index (χ1n) is 12.0. The van der Waals surface area contributed by atoms with Crippen LogP contribution in [0, 0.1) is 13.8 Å². The Morgan fingerprint density at radius 2 is 1.58 bits per heavy atom. The van der Waals surface area contributed by atoms with E-state index in [1.54, 1.807) is 15.5 Å². The molecule has 0 aliphatic rings. The normalized spacial score (nSPS) is 11.8. The number of aryl methyl sites for hydroxylation is 3. The summed E-state index contributed by atoms with van der Waals surface area (Å²) in [7, 11) is 0. The van der Waals surface area contributed by atoms with Crippen LogP contribution in [0.4, 0.5) is 0 Å². The van der Waals surface area contributed by atoms with Crippen LogP contribution >= 0.6 is 0 Å². The number of benzene rings is 3. The topological polar surface area (TPSA) is 79.2 Å². The van der Waals surface area contributed by atoms with Crippen LogP contribution < -0.4 is 10.5 Å². The molecule has 1 N–H and O–H groups in total. The van der Waals surface area contributed by atoms with E-state index in [9.17, 15) is 4.79 Å². The van der Waals surface area contributed by atoms with Gasteiger partial charge in [0.2, 0.25) is 11.5 Å². The van der Waals surface area contributed by atoms with Crippen LogP contribution in [0.1, 0.15) is 22.5 Å². The summed E-state index contributed by atoms with van der Waals surface area (Å²) in [6.45, 7) is 4.51. The Morgan fingerprint density at radius 3 is 2.36 bits per heavy atom. The molecular formula is C29H25N6O+. The fourth-order valence-corrected chi connectivity index (χ4v) is 4.59. The molecule has 0 aliphatic heterocycles. The van der Waals surface area contributed by atoms with Crippen molar-refractivity contribution in [2.24, 2.45) is 5.10 Å². The predicted molar refractivity (Wildman–Crippen MR) is 142 cm³/mol. The van der Waals surface area contributed by atoms with Gasteiger partial charge in [-0.15, -0.1) is 9.78 Å². The standard InChI is InChI=1S/C29H24N6O/c1-19-10-6-7-13-22(19)18-30-35-27-25(26-28(35)33-24-15-9-8-14-23(24)32-26)29(36)34(20(2)31-27)17-16-21-11-4-3-5-12-21/h3-15,18H,16-17H2,1-2H3/p+1/b30-18+. The lowest BCUT2D eigenvalue weighted by Crippen LogP contribution is -2.31. The minimum Gasteiger partial charge on any atom is -0.250 e. The highest BCUT2D eigenvalue weighted by atomic mass is 16.1. The van der Waals surface area contributed by atoms with E-state index in [2.05, 4.69) is 17.1 Å². The van der Waals surface area contributed by atoms with Crippen LogP contribution in [0.25, 0.3) is 33.2 Å². The Morgan fingerprint density at radius 1 is 0.889 bits per heavy atom. The molecule has 36 heavy (non-hydrogen) atoms. The third-order valence-corrected chi connectivity index (χ3v) is 6.57. The second-order valence-corrected chi connectivity index (χ2v) is 8.92. The van der Waals surface area contributed by atoms with Gasteiger partial charge in [0.15, 0.2) is 5.39 Å².